The monoisotopic (exact) mass is 373 g/mol. The number of pyridine rings is 1. The van der Waals surface area contributed by atoms with Crippen molar-refractivity contribution in [3.63, 3.8) is 0 Å². The van der Waals surface area contributed by atoms with E-state index < -0.39 is 0 Å². The molecule has 1 atom stereocenters. The first-order valence-corrected chi connectivity index (χ1v) is 10.2. The van der Waals surface area contributed by atoms with Crippen molar-refractivity contribution in [2.75, 3.05) is 40.3 Å². The molecular formula is C24H27N3O. The Morgan fingerprint density at radius 2 is 1.93 bits per heavy atom. The van der Waals surface area contributed by atoms with Crippen molar-refractivity contribution in [3.8, 4) is 16.9 Å². The first-order chi connectivity index (χ1) is 13.7. The third-order valence-electron chi connectivity index (χ3n) is 6.20. The Labute approximate surface area is 167 Å². The number of hydrogen-bond acceptors (Lipinski definition) is 4. The van der Waals surface area contributed by atoms with Gasteiger partial charge in [0.2, 0.25) is 0 Å². The lowest BCUT2D eigenvalue weighted by atomic mass is 9.97. The number of benzene rings is 1. The number of hydrogen-bond donors (Lipinski definition) is 0. The van der Waals surface area contributed by atoms with E-state index in [1.807, 2.05) is 24.5 Å². The van der Waals surface area contributed by atoms with Gasteiger partial charge in [-0.05, 0) is 73.3 Å². The summed E-state index contributed by atoms with van der Waals surface area (Å²) >= 11 is 0. The molecule has 0 N–H and O–H groups in total. The fourth-order valence-corrected chi connectivity index (χ4v) is 4.66. The Kier molecular flexibility index (Phi) is 4.44. The highest BCUT2D eigenvalue weighted by atomic mass is 16.5. The summed E-state index contributed by atoms with van der Waals surface area (Å²) in [4.78, 5) is 9.59. The molecule has 1 aliphatic carbocycles. The van der Waals surface area contributed by atoms with E-state index in [1.165, 1.54) is 60.4 Å². The Morgan fingerprint density at radius 1 is 1.11 bits per heavy atom. The van der Waals surface area contributed by atoms with Crippen LogP contribution in [0.5, 0.6) is 5.75 Å². The first-order valence-electron chi connectivity index (χ1n) is 10.2. The molecule has 1 saturated heterocycles. The number of fused-ring (bicyclic) bond motifs is 1. The van der Waals surface area contributed by atoms with Gasteiger partial charge in [-0.25, -0.2) is 0 Å². The fourth-order valence-electron chi connectivity index (χ4n) is 4.66. The molecule has 1 fully saturated rings. The van der Waals surface area contributed by atoms with Gasteiger partial charge in [0.25, 0.3) is 0 Å². The van der Waals surface area contributed by atoms with E-state index in [9.17, 15) is 0 Å². The van der Waals surface area contributed by atoms with Crippen molar-refractivity contribution in [2.45, 2.75) is 12.8 Å². The summed E-state index contributed by atoms with van der Waals surface area (Å²) in [5.74, 6) is 1.66. The van der Waals surface area contributed by atoms with Crippen LogP contribution in [0.4, 0.5) is 0 Å². The number of rotatable bonds is 5. The zero-order valence-electron chi connectivity index (χ0n) is 16.7. The molecule has 144 valence electrons. The average Bonchev–Trinajstić information content (AvgIpc) is 3.45. The summed E-state index contributed by atoms with van der Waals surface area (Å²) in [5, 5.41) is 0. The minimum Gasteiger partial charge on any atom is -0.497 e. The molecule has 1 unspecified atom stereocenters. The summed E-state index contributed by atoms with van der Waals surface area (Å²) in [7, 11) is 3.94. The number of likely N-dealkylation sites (tertiary alicyclic amines) is 1. The summed E-state index contributed by atoms with van der Waals surface area (Å²) in [6.07, 6.45) is 8.98. The van der Waals surface area contributed by atoms with Gasteiger partial charge in [-0.15, -0.1) is 0 Å². The van der Waals surface area contributed by atoms with Crippen LogP contribution in [0.1, 0.15) is 18.4 Å². The SMILES string of the molecule is COc1ccc(-c2cncc(C3=C4C=C4N(CC4CCCN(C)C4)C3)c2)cc1. The van der Waals surface area contributed by atoms with Gasteiger partial charge in [0.05, 0.1) is 7.11 Å². The zero-order chi connectivity index (χ0) is 19.1. The minimum atomic E-state index is 0.782. The first kappa shape index (κ1) is 17.5. The molecule has 1 aromatic heterocycles. The number of aromatic nitrogens is 1. The van der Waals surface area contributed by atoms with Crippen LogP contribution in [0.3, 0.4) is 0 Å². The summed E-state index contributed by atoms with van der Waals surface area (Å²) in [6, 6.07) is 10.5. The molecule has 0 spiro atoms. The van der Waals surface area contributed by atoms with Crippen molar-refractivity contribution in [1.29, 1.82) is 0 Å². The van der Waals surface area contributed by atoms with E-state index in [0.717, 1.165) is 23.8 Å². The largest absolute Gasteiger partial charge is 0.497 e. The van der Waals surface area contributed by atoms with Gasteiger partial charge in [0.15, 0.2) is 0 Å². The lowest BCUT2D eigenvalue weighted by Gasteiger charge is -2.33. The van der Waals surface area contributed by atoms with E-state index >= 15 is 0 Å². The highest BCUT2D eigenvalue weighted by molar-refractivity contribution is 5.87. The average molecular weight is 374 g/mol. The third kappa shape index (κ3) is 3.33. The van der Waals surface area contributed by atoms with E-state index in [2.05, 4.69) is 46.1 Å². The zero-order valence-corrected chi connectivity index (χ0v) is 16.7. The Bertz CT molecular complexity index is 945. The Hall–Kier alpha value is -2.59. The maximum atomic E-state index is 5.27. The van der Waals surface area contributed by atoms with Gasteiger partial charge in [-0.2, -0.15) is 0 Å². The second-order valence-corrected chi connectivity index (χ2v) is 8.26. The summed E-state index contributed by atoms with van der Waals surface area (Å²) < 4.78 is 5.27. The smallest absolute Gasteiger partial charge is 0.118 e. The quantitative estimate of drug-likeness (QED) is 0.790. The van der Waals surface area contributed by atoms with Crippen molar-refractivity contribution < 1.29 is 4.74 Å². The van der Waals surface area contributed by atoms with Crippen LogP contribution >= 0.6 is 0 Å². The molecule has 0 bridgehead atoms. The maximum Gasteiger partial charge on any atom is 0.118 e. The van der Waals surface area contributed by atoms with Crippen molar-refractivity contribution in [1.82, 2.24) is 14.8 Å². The van der Waals surface area contributed by atoms with Gasteiger partial charge < -0.3 is 14.5 Å². The van der Waals surface area contributed by atoms with Crippen molar-refractivity contribution in [3.05, 3.63) is 65.6 Å². The number of nitrogens with zero attached hydrogens (tertiary/aromatic N) is 3. The molecule has 0 saturated carbocycles. The minimum absolute atomic E-state index is 0.782. The third-order valence-corrected chi connectivity index (χ3v) is 6.20. The second-order valence-electron chi connectivity index (χ2n) is 8.26. The molecule has 2 aliphatic heterocycles. The molecule has 3 heterocycles. The van der Waals surface area contributed by atoms with Crippen molar-refractivity contribution in [2.24, 2.45) is 5.92 Å². The molecule has 3 aliphatic rings. The van der Waals surface area contributed by atoms with Gasteiger partial charge in [0, 0.05) is 48.9 Å². The molecule has 4 heteroatoms. The Balaban J connectivity index is 1.31. The molecule has 0 radical (unpaired) electrons. The molecule has 2 aromatic rings. The van der Waals surface area contributed by atoms with Crippen LogP contribution in [-0.2, 0) is 0 Å². The van der Waals surface area contributed by atoms with Crippen LogP contribution in [0.15, 0.2) is 60.1 Å². The van der Waals surface area contributed by atoms with Gasteiger partial charge >= 0.3 is 0 Å². The highest BCUT2D eigenvalue weighted by Crippen LogP contribution is 2.45. The van der Waals surface area contributed by atoms with E-state index in [1.54, 1.807) is 7.11 Å². The Morgan fingerprint density at radius 3 is 2.71 bits per heavy atom. The predicted molar refractivity (Wildman–Crippen MR) is 113 cm³/mol. The number of allylic oxidation sites excluding steroid dienone is 2. The lowest BCUT2D eigenvalue weighted by Crippen LogP contribution is -2.37. The number of piperidine rings is 1. The van der Waals surface area contributed by atoms with Crippen LogP contribution in [0.2, 0.25) is 0 Å². The second kappa shape index (κ2) is 7.10. The maximum absolute atomic E-state index is 5.27. The van der Waals surface area contributed by atoms with Crippen LogP contribution < -0.4 is 4.74 Å². The van der Waals surface area contributed by atoms with E-state index in [4.69, 9.17) is 4.74 Å². The fraction of sp³-hybridized carbons (Fsp3) is 0.375. The molecule has 4 nitrogen and oxygen atoms in total. The lowest BCUT2D eigenvalue weighted by molar-refractivity contribution is 0.180. The molecule has 1 aromatic carbocycles. The standard InChI is InChI=1S/C24H27N3O/c1-26-9-3-4-17(14-26)15-27-16-23(22-11-24(22)27)20-10-19(12-25-13-20)18-5-7-21(28-2)8-6-18/h5-8,10-13,17H,3-4,9,14-16H2,1-2H3. The van der Waals surface area contributed by atoms with E-state index in [-0.39, 0.29) is 0 Å². The summed E-state index contributed by atoms with van der Waals surface area (Å²) in [6.45, 7) is 4.67. The topological polar surface area (TPSA) is 28.6 Å². The van der Waals surface area contributed by atoms with Crippen LogP contribution in [-0.4, -0.2) is 55.1 Å². The molecule has 0 amide bonds. The normalized spacial score (nSPS) is 21.6. The van der Waals surface area contributed by atoms with Crippen LogP contribution in [0.25, 0.3) is 16.7 Å². The van der Waals surface area contributed by atoms with Gasteiger partial charge in [0.1, 0.15) is 5.75 Å². The van der Waals surface area contributed by atoms with Gasteiger partial charge in [-0.1, -0.05) is 12.1 Å². The number of methoxy groups -OCH3 is 1. The summed E-state index contributed by atoms with van der Waals surface area (Å²) in [5.41, 5.74) is 7.91. The van der Waals surface area contributed by atoms with E-state index in [0.29, 0.717) is 0 Å². The van der Waals surface area contributed by atoms with Crippen LogP contribution in [0, 0.1) is 5.92 Å². The number of ether oxygens (including phenoxy) is 1. The van der Waals surface area contributed by atoms with Gasteiger partial charge in [-0.3, -0.25) is 4.98 Å². The molecule has 5 rings (SSSR count). The van der Waals surface area contributed by atoms with Crippen molar-refractivity contribution >= 4 is 5.57 Å². The highest BCUT2D eigenvalue weighted by Gasteiger charge is 2.36. The molecule has 28 heavy (non-hydrogen) atoms. The molecular weight excluding hydrogens is 346 g/mol. The predicted octanol–water partition coefficient (Wildman–Crippen LogP) is 4.07.